The van der Waals surface area contributed by atoms with Crippen molar-refractivity contribution in [3.8, 4) is 0 Å². The minimum atomic E-state index is -1.41. The molecule has 0 aromatic rings. The van der Waals surface area contributed by atoms with Crippen LogP contribution in [0.15, 0.2) is 0 Å². The topological polar surface area (TPSA) is 377 Å². The molecule has 0 aliphatic heterocycles. The smallest absolute Gasteiger partial charge is 0 e. The van der Waals surface area contributed by atoms with Gasteiger partial charge >= 0.3 is 123 Å². The Morgan fingerprint density at radius 2 is 0.414 bits per heavy atom. The Labute approximate surface area is 440 Å². The Morgan fingerprint density at radius 1 is 0.328 bits per heavy atom. The Balaban J connectivity index is -0.0000000151. The second-order valence-corrected chi connectivity index (χ2v) is 11.1. The van der Waals surface area contributed by atoms with Crippen LogP contribution in [0.2, 0.25) is 0 Å². The Morgan fingerprint density at radius 3 is 0.466 bits per heavy atom. The summed E-state index contributed by atoms with van der Waals surface area (Å²) in [6, 6.07) is 0. The molecule has 0 saturated carbocycles. The fourth-order valence-corrected chi connectivity index (χ4v) is 2.58. The van der Waals surface area contributed by atoms with Gasteiger partial charge in [-0.3, -0.25) is 0 Å². The van der Waals surface area contributed by atoms with E-state index < -0.39 is 50.3 Å². The van der Waals surface area contributed by atoms with Gasteiger partial charge in [0.2, 0.25) is 0 Å². The van der Waals surface area contributed by atoms with Gasteiger partial charge in [-0.25, -0.2) is 0 Å². The minimum absolute atomic E-state index is 0. The van der Waals surface area contributed by atoms with Crippen LogP contribution in [0.25, 0.3) is 0 Å². The van der Waals surface area contributed by atoms with Crippen LogP contribution >= 0.6 is 0 Å². The first-order valence-electron chi connectivity index (χ1n) is 16.9. The molecular formula is C32H92O20Pb2Ti4. The average molecular weight is 1400 g/mol. The van der Waals surface area contributed by atoms with Crippen molar-refractivity contribution < 1.29 is 179 Å². The molecule has 0 amide bonds. The molecule has 0 spiro atoms. The Hall–Kier alpha value is 3.00. The van der Waals surface area contributed by atoms with Gasteiger partial charge in [0.15, 0.2) is 0 Å². The summed E-state index contributed by atoms with van der Waals surface area (Å²) in [6.07, 6.45) is 0. The molecule has 4 radical (unpaired) electrons. The van der Waals surface area contributed by atoms with Gasteiger partial charge in [0.1, 0.15) is 0 Å². The van der Waals surface area contributed by atoms with Crippen molar-refractivity contribution in [1.82, 2.24) is 0 Å². The molecule has 58 heavy (non-hydrogen) atoms. The maximum Gasteiger partial charge on any atom is 0 e. The number of rotatable bonds is 6. The average Bonchev–Trinajstić information content (AvgIpc) is 3.02. The van der Waals surface area contributed by atoms with Gasteiger partial charge in [0, 0.05) is 166 Å². The van der Waals surface area contributed by atoms with E-state index in [1.165, 1.54) is 13.8 Å². The monoisotopic (exact) mass is 1400 g/mol. The standard InChI is InChI=1S/2C2H4O2.12C2H6O.2C2H5O.2H2O.2Pb.4Ti/c2*1-2(3)4;14*1-2-3;;;;;;;;/h2*1H3,(H,3,4);12*3H,2H2,1H3;2*2H2,1H3;2*1H2;;;;;;/q;;;;;;;;;;;;;;2*-1;;;2*+2;;;;/p-2. The SMILES string of the molecule is CCO.CCO.CCO.CCO.CCO.CCO.CCO.CCO.CCO.CCO.CCO.CCO.CC[O][Pb][O]C(C)=O.CC[O][Pb][O]C(C)=O.O.O.[Ti].[Ti].[Ti].[Ti]. The normalized spacial score (nSPS) is 6.14. The molecule has 364 valence electrons. The second kappa shape index (κ2) is 248. The van der Waals surface area contributed by atoms with Gasteiger partial charge < -0.3 is 72.2 Å². The molecule has 0 aliphatic rings. The van der Waals surface area contributed by atoms with Crippen molar-refractivity contribution >= 4 is 62.2 Å². The van der Waals surface area contributed by atoms with Crippen molar-refractivity contribution in [3.63, 3.8) is 0 Å². The Kier molecular flexibility index (Phi) is 559. The van der Waals surface area contributed by atoms with E-state index in [0.29, 0.717) is 13.2 Å². The molecule has 0 saturated heterocycles. The van der Waals surface area contributed by atoms with Gasteiger partial charge in [-0.2, -0.15) is 0 Å². The van der Waals surface area contributed by atoms with E-state index in [1.54, 1.807) is 83.1 Å². The summed E-state index contributed by atoms with van der Waals surface area (Å²) < 4.78 is 19.0. The molecule has 20 nitrogen and oxygen atoms in total. The number of aliphatic hydroxyl groups is 12. The number of hydrogen-bond donors (Lipinski definition) is 12. The third-order valence-electron chi connectivity index (χ3n) is 0.777. The third-order valence-corrected chi connectivity index (χ3v) is 6.82. The van der Waals surface area contributed by atoms with E-state index >= 15 is 0 Å². The van der Waals surface area contributed by atoms with Gasteiger partial charge in [0.05, 0.1) is 0 Å². The minimum Gasteiger partial charge on any atom is -0.412 e. The zero-order valence-corrected chi connectivity index (χ0v) is 52.7. The predicted molar refractivity (Wildman–Crippen MR) is 219 cm³/mol. The molecule has 0 fully saturated rings. The van der Waals surface area contributed by atoms with Crippen molar-refractivity contribution in [2.45, 2.75) is 111 Å². The summed E-state index contributed by atoms with van der Waals surface area (Å²) in [5, 5.41) is 90.8. The van der Waals surface area contributed by atoms with Crippen LogP contribution in [-0.2, 0) is 107 Å². The van der Waals surface area contributed by atoms with E-state index in [0.717, 1.165) is 0 Å². The number of aliphatic hydroxyl groups excluding tert-OH is 12. The zero-order chi connectivity index (χ0) is 45.3. The number of carbonyl (C=O) groups is 2. The van der Waals surface area contributed by atoms with Crippen LogP contribution in [0.1, 0.15) is 111 Å². The molecule has 16 N–H and O–H groups in total. The van der Waals surface area contributed by atoms with Crippen LogP contribution in [0, 0.1) is 0 Å². The fourth-order valence-electron chi connectivity index (χ4n) is 0.294. The third kappa shape index (κ3) is 1170. The van der Waals surface area contributed by atoms with E-state index in [2.05, 4.69) is 5.37 Å². The zero-order valence-electron chi connectivity index (χ0n) is 38.7. The first-order chi connectivity index (χ1) is 24.5. The second-order valence-electron chi connectivity index (χ2n) is 6.01. The predicted octanol–water partition coefficient (Wildman–Crippen LogP) is -1.44. The van der Waals surface area contributed by atoms with Gasteiger partial charge in [0.25, 0.3) is 0 Å². The first kappa shape index (κ1) is 131. The van der Waals surface area contributed by atoms with Gasteiger partial charge in [-0.1, -0.05) is 0 Å². The first-order valence-corrected chi connectivity index (χ1v) is 23.3. The van der Waals surface area contributed by atoms with E-state index in [4.69, 9.17) is 66.7 Å². The molecule has 0 bridgehead atoms. The van der Waals surface area contributed by atoms with Crippen LogP contribution in [0.5, 0.6) is 0 Å². The van der Waals surface area contributed by atoms with E-state index in [1.807, 2.05) is 13.8 Å². The van der Waals surface area contributed by atoms with Crippen LogP contribution < -0.4 is 0 Å². The quantitative estimate of drug-likeness (QED) is 0.107. The molecule has 26 heteroatoms. The summed E-state index contributed by atoms with van der Waals surface area (Å²) >= 11 is -2.82. The number of hydrogen-bond acceptors (Lipinski definition) is 18. The molecule has 0 unspecified atom stereocenters. The van der Waals surface area contributed by atoms with Gasteiger partial charge in [-0.15, -0.1) is 0 Å². The molecule has 0 aliphatic carbocycles. The maximum absolute atomic E-state index is 10.1. The molecule has 0 atom stereocenters. The summed E-state index contributed by atoms with van der Waals surface area (Å²) in [4.78, 5) is 20.1. The van der Waals surface area contributed by atoms with Crippen LogP contribution in [0.4, 0.5) is 0 Å². The fraction of sp³-hybridized carbons (Fsp3) is 0.938. The molecule has 0 rings (SSSR count). The summed E-state index contributed by atoms with van der Waals surface area (Å²) in [5.41, 5.74) is 0. The van der Waals surface area contributed by atoms with Crippen molar-refractivity contribution in [3.05, 3.63) is 0 Å². The molecule has 0 aromatic carbocycles. The summed E-state index contributed by atoms with van der Waals surface area (Å²) in [6.45, 7) is 31.1. The summed E-state index contributed by atoms with van der Waals surface area (Å²) in [5.74, 6) is -0.441. The van der Waals surface area contributed by atoms with Crippen LogP contribution in [-0.4, -0.2) is 227 Å². The van der Waals surface area contributed by atoms with Crippen molar-refractivity contribution in [2.24, 2.45) is 0 Å². The van der Waals surface area contributed by atoms with E-state index in [9.17, 15) is 9.59 Å². The molecule has 0 heterocycles. The van der Waals surface area contributed by atoms with Crippen molar-refractivity contribution in [2.75, 3.05) is 92.5 Å². The van der Waals surface area contributed by atoms with Gasteiger partial charge in [-0.05, 0) is 83.1 Å². The Bertz CT molecular complexity index is 332. The van der Waals surface area contributed by atoms with Crippen molar-refractivity contribution in [1.29, 1.82) is 0 Å². The molecular weight excluding hydrogens is 1310 g/mol. The van der Waals surface area contributed by atoms with Crippen LogP contribution in [0.3, 0.4) is 0 Å². The van der Waals surface area contributed by atoms with E-state index in [-0.39, 0.29) is 189 Å². The largest absolute Gasteiger partial charge is 0.412 e. The number of carbonyl (C=O) groups excluding carboxylic acids is 2. The maximum atomic E-state index is 10.1. The molecule has 0 aromatic heterocycles. The summed E-state index contributed by atoms with van der Waals surface area (Å²) in [7, 11) is 0.